The fraction of sp³-hybridized carbons (Fsp3) is 0.636. The predicted molar refractivity (Wildman–Crippen MR) is 70.3 cm³/mol. The van der Waals surface area contributed by atoms with Crippen LogP contribution in [0.4, 0.5) is 0 Å². The van der Waals surface area contributed by atoms with E-state index in [2.05, 4.69) is 4.98 Å². The summed E-state index contributed by atoms with van der Waals surface area (Å²) in [5.74, 6) is 0.416. The highest BCUT2D eigenvalue weighted by Gasteiger charge is 2.48. The summed E-state index contributed by atoms with van der Waals surface area (Å²) in [6.45, 7) is -0.330. The minimum atomic E-state index is -1.07. The zero-order valence-corrected chi connectivity index (χ0v) is 11.2. The topological polar surface area (TPSA) is 105 Å². The number of thioether (sulfide) groups is 1. The van der Waals surface area contributed by atoms with Crippen LogP contribution in [0.15, 0.2) is 21.9 Å². The summed E-state index contributed by atoms with van der Waals surface area (Å²) in [6, 6.07) is 1.21. The van der Waals surface area contributed by atoms with E-state index in [0.29, 0.717) is 5.75 Å². The van der Waals surface area contributed by atoms with E-state index in [1.165, 1.54) is 28.6 Å². The van der Waals surface area contributed by atoms with Gasteiger partial charge in [0.15, 0.2) is 0 Å². The lowest BCUT2D eigenvalue weighted by Gasteiger charge is -2.29. The predicted octanol–water partition coefficient (Wildman–Crippen LogP) is -1.09. The molecule has 0 bridgehead atoms. The van der Waals surface area contributed by atoms with Crippen LogP contribution in [-0.4, -0.2) is 50.1 Å². The number of hydrogen-bond acceptors (Lipinski definition) is 6. The van der Waals surface area contributed by atoms with E-state index in [-0.39, 0.29) is 13.0 Å². The first-order valence-corrected chi connectivity index (χ1v) is 7.19. The standard InChI is InChI=1S/C11H16N2O5S/c1-19-6-11(5-14)7(15)4-9(18-11)13-3-2-8(16)12-10(13)17/h2-3,7,9,14-15H,4-6H2,1H3,(H,12,16,17)/t7-,9?,11-/m0/s1. The van der Waals surface area contributed by atoms with Crippen LogP contribution in [0.25, 0.3) is 0 Å². The van der Waals surface area contributed by atoms with Gasteiger partial charge in [-0.15, -0.1) is 0 Å². The molecule has 3 atom stereocenters. The van der Waals surface area contributed by atoms with Gasteiger partial charge in [-0.1, -0.05) is 0 Å². The molecule has 0 spiro atoms. The Hall–Kier alpha value is -1.09. The summed E-state index contributed by atoms with van der Waals surface area (Å²) in [6.07, 6.45) is 1.79. The van der Waals surface area contributed by atoms with Crippen molar-refractivity contribution in [1.82, 2.24) is 9.55 Å². The summed E-state index contributed by atoms with van der Waals surface area (Å²) in [5.41, 5.74) is -2.15. The quantitative estimate of drug-likeness (QED) is 0.650. The second kappa shape index (κ2) is 5.49. The Kier molecular flexibility index (Phi) is 4.14. The Morgan fingerprint density at radius 3 is 2.95 bits per heavy atom. The van der Waals surface area contributed by atoms with E-state index in [0.717, 1.165) is 0 Å². The molecule has 1 saturated heterocycles. The van der Waals surface area contributed by atoms with Crippen LogP contribution in [0.1, 0.15) is 12.6 Å². The monoisotopic (exact) mass is 288 g/mol. The second-order valence-electron chi connectivity index (χ2n) is 4.50. The van der Waals surface area contributed by atoms with Crippen LogP contribution in [0.5, 0.6) is 0 Å². The number of nitrogens with zero attached hydrogens (tertiary/aromatic N) is 1. The number of ether oxygens (including phenoxy) is 1. The molecule has 8 heteroatoms. The van der Waals surface area contributed by atoms with E-state index in [4.69, 9.17) is 4.74 Å². The van der Waals surface area contributed by atoms with Crippen LogP contribution >= 0.6 is 11.8 Å². The third-order valence-corrected chi connectivity index (χ3v) is 4.00. The van der Waals surface area contributed by atoms with Gasteiger partial charge in [0, 0.05) is 24.4 Å². The summed E-state index contributed by atoms with van der Waals surface area (Å²) in [7, 11) is 0. The van der Waals surface area contributed by atoms with E-state index >= 15 is 0 Å². The molecule has 2 heterocycles. The Bertz CT molecular complexity index is 557. The lowest BCUT2D eigenvalue weighted by molar-refractivity contribution is -0.113. The van der Waals surface area contributed by atoms with Gasteiger partial charge >= 0.3 is 5.69 Å². The molecule has 1 aliphatic heterocycles. The zero-order chi connectivity index (χ0) is 14.0. The molecule has 3 N–H and O–H groups in total. The van der Waals surface area contributed by atoms with Crippen molar-refractivity contribution in [1.29, 1.82) is 0 Å². The maximum absolute atomic E-state index is 11.7. The zero-order valence-electron chi connectivity index (χ0n) is 10.4. The molecule has 0 aliphatic carbocycles. The Morgan fingerprint density at radius 2 is 2.37 bits per heavy atom. The molecule has 0 aromatic carbocycles. The molecule has 1 aromatic heterocycles. The lowest BCUT2D eigenvalue weighted by Crippen LogP contribution is -2.45. The summed E-state index contributed by atoms with van der Waals surface area (Å²) < 4.78 is 6.89. The first kappa shape index (κ1) is 14.3. The largest absolute Gasteiger partial charge is 0.393 e. The minimum Gasteiger partial charge on any atom is -0.393 e. The summed E-state index contributed by atoms with van der Waals surface area (Å²) in [5, 5.41) is 19.5. The number of aliphatic hydroxyl groups is 2. The molecule has 0 saturated carbocycles. The molecular formula is C11H16N2O5S. The second-order valence-corrected chi connectivity index (χ2v) is 5.36. The van der Waals surface area contributed by atoms with Crippen LogP contribution in [-0.2, 0) is 4.74 Å². The lowest BCUT2D eigenvalue weighted by atomic mass is 10.0. The third kappa shape index (κ3) is 2.62. The van der Waals surface area contributed by atoms with E-state index in [1.54, 1.807) is 0 Å². The Balaban J connectivity index is 2.29. The number of rotatable bonds is 4. The van der Waals surface area contributed by atoms with Crippen molar-refractivity contribution >= 4 is 11.8 Å². The van der Waals surface area contributed by atoms with Crippen molar-refractivity contribution in [2.24, 2.45) is 0 Å². The Morgan fingerprint density at radius 1 is 1.63 bits per heavy atom. The average Bonchev–Trinajstić information content (AvgIpc) is 2.67. The average molecular weight is 288 g/mol. The number of aliphatic hydroxyl groups excluding tert-OH is 2. The van der Waals surface area contributed by atoms with Gasteiger partial charge < -0.3 is 14.9 Å². The van der Waals surface area contributed by atoms with Gasteiger partial charge in [0.05, 0.1) is 12.7 Å². The van der Waals surface area contributed by atoms with Gasteiger partial charge in [-0.3, -0.25) is 14.3 Å². The Labute approximate surface area is 113 Å². The van der Waals surface area contributed by atoms with Crippen molar-refractivity contribution in [3.63, 3.8) is 0 Å². The first-order chi connectivity index (χ1) is 9.02. The minimum absolute atomic E-state index is 0.188. The number of hydrogen-bond donors (Lipinski definition) is 3. The van der Waals surface area contributed by atoms with Gasteiger partial charge in [0.1, 0.15) is 11.8 Å². The third-order valence-electron chi connectivity index (χ3n) is 3.22. The van der Waals surface area contributed by atoms with Crippen molar-refractivity contribution in [3.05, 3.63) is 33.1 Å². The number of nitrogens with one attached hydrogen (secondary N) is 1. The van der Waals surface area contributed by atoms with Crippen molar-refractivity contribution in [3.8, 4) is 0 Å². The molecule has 1 fully saturated rings. The highest BCUT2D eigenvalue weighted by atomic mass is 32.2. The summed E-state index contributed by atoms with van der Waals surface area (Å²) >= 11 is 1.44. The van der Waals surface area contributed by atoms with Crippen LogP contribution < -0.4 is 11.2 Å². The van der Waals surface area contributed by atoms with Crippen LogP contribution in [0.3, 0.4) is 0 Å². The van der Waals surface area contributed by atoms with E-state index < -0.39 is 29.2 Å². The fourth-order valence-corrected chi connectivity index (χ4v) is 3.03. The molecule has 106 valence electrons. The number of aromatic nitrogens is 2. The normalized spacial score (nSPS) is 30.7. The molecule has 19 heavy (non-hydrogen) atoms. The van der Waals surface area contributed by atoms with Crippen molar-refractivity contribution < 1.29 is 14.9 Å². The first-order valence-electron chi connectivity index (χ1n) is 5.79. The van der Waals surface area contributed by atoms with Crippen molar-refractivity contribution in [2.45, 2.75) is 24.4 Å². The molecule has 0 radical (unpaired) electrons. The van der Waals surface area contributed by atoms with Gasteiger partial charge in [-0.25, -0.2) is 4.79 Å². The highest BCUT2D eigenvalue weighted by Crippen LogP contribution is 2.37. The molecule has 1 aromatic rings. The van der Waals surface area contributed by atoms with Gasteiger partial charge in [0.2, 0.25) is 0 Å². The molecule has 2 rings (SSSR count). The SMILES string of the molecule is CSC[C@]1(CO)OC(n2ccc(=O)[nH]c2=O)C[C@@H]1O. The highest BCUT2D eigenvalue weighted by molar-refractivity contribution is 7.98. The molecule has 7 nitrogen and oxygen atoms in total. The molecule has 1 unspecified atom stereocenters. The maximum Gasteiger partial charge on any atom is 0.330 e. The van der Waals surface area contributed by atoms with Gasteiger partial charge in [-0.2, -0.15) is 11.8 Å². The number of H-pyrrole nitrogens is 1. The van der Waals surface area contributed by atoms with Gasteiger partial charge in [-0.05, 0) is 6.26 Å². The van der Waals surface area contributed by atoms with Gasteiger partial charge in [0.25, 0.3) is 5.56 Å². The number of aromatic amines is 1. The smallest absolute Gasteiger partial charge is 0.330 e. The molecule has 1 aliphatic rings. The van der Waals surface area contributed by atoms with Crippen LogP contribution in [0, 0.1) is 0 Å². The van der Waals surface area contributed by atoms with E-state index in [9.17, 15) is 19.8 Å². The summed E-state index contributed by atoms with van der Waals surface area (Å²) in [4.78, 5) is 24.8. The molecule has 0 amide bonds. The van der Waals surface area contributed by atoms with Crippen molar-refractivity contribution in [2.75, 3.05) is 18.6 Å². The van der Waals surface area contributed by atoms with E-state index in [1.807, 2.05) is 6.26 Å². The van der Waals surface area contributed by atoms with Crippen LogP contribution in [0.2, 0.25) is 0 Å². The maximum atomic E-state index is 11.7. The fourth-order valence-electron chi connectivity index (χ4n) is 2.19. The molecular weight excluding hydrogens is 272 g/mol.